The van der Waals surface area contributed by atoms with Gasteiger partial charge >= 0.3 is 0 Å². The molecule has 5 heteroatoms. The van der Waals surface area contributed by atoms with Crippen molar-refractivity contribution in [2.24, 2.45) is 0 Å². The van der Waals surface area contributed by atoms with Crippen molar-refractivity contribution in [3.05, 3.63) is 158 Å². The molecule has 50 heavy (non-hydrogen) atoms. The van der Waals surface area contributed by atoms with E-state index in [2.05, 4.69) is 126 Å². The first kappa shape index (κ1) is 27.1. The molecule has 0 fully saturated rings. The Morgan fingerprint density at radius 2 is 1.04 bits per heavy atom. The molecule has 0 aliphatic heterocycles. The Labute approximate surface area is 285 Å². The fourth-order valence-electron chi connectivity index (χ4n) is 7.52. The van der Waals surface area contributed by atoms with Crippen LogP contribution in [0.15, 0.2) is 171 Å². The molecule has 0 unspecified atom stereocenters. The van der Waals surface area contributed by atoms with Crippen molar-refractivity contribution in [2.75, 3.05) is 4.90 Å². The lowest BCUT2D eigenvalue weighted by atomic mass is 10.0. The van der Waals surface area contributed by atoms with Crippen molar-refractivity contribution in [3.63, 3.8) is 0 Å². The van der Waals surface area contributed by atoms with Crippen LogP contribution in [0, 0.1) is 0 Å². The fraction of sp³-hybridized carbons (Fsp3) is 0. The molecule has 11 aromatic rings. The molecule has 3 aromatic heterocycles. The summed E-state index contributed by atoms with van der Waals surface area (Å²) in [6, 6.07) is 54.5. The number of para-hydroxylation sites is 1. The summed E-state index contributed by atoms with van der Waals surface area (Å²) in [6.07, 6.45) is 0. The van der Waals surface area contributed by atoms with Crippen LogP contribution < -0.4 is 4.90 Å². The maximum atomic E-state index is 6.44. The van der Waals surface area contributed by atoms with Crippen LogP contribution >= 0.6 is 0 Å². The number of hydrogen-bond acceptors (Lipinski definition) is 5. The SMILES string of the molecule is c1ccc(N(c2ccc3oc4cc5ccccc5cc4c3c2)c2ccc3oc4cccc(-c5nc6c(ccc7ccccc76)o5)c4c3c2)cc1. The highest BCUT2D eigenvalue weighted by atomic mass is 16.4. The zero-order valence-electron chi connectivity index (χ0n) is 26.6. The van der Waals surface area contributed by atoms with Gasteiger partial charge in [-0.1, -0.05) is 78.9 Å². The van der Waals surface area contributed by atoms with Gasteiger partial charge in [-0.3, -0.25) is 0 Å². The lowest BCUT2D eigenvalue weighted by Crippen LogP contribution is -2.09. The number of nitrogens with zero attached hydrogens (tertiary/aromatic N) is 2. The smallest absolute Gasteiger partial charge is 0.228 e. The van der Waals surface area contributed by atoms with Gasteiger partial charge < -0.3 is 18.2 Å². The van der Waals surface area contributed by atoms with E-state index >= 15 is 0 Å². The van der Waals surface area contributed by atoms with Crippen LogP contribution in [0.5, 0.6) is 0 Å². The first-order valence-electron chi connectivity index (χ1n) is 16.7. The van der Waals surface area contributed by atoms with Gasteiger partial charge in [-0.25, -0.2) is 4.98 Å². The topological polar surface area (TPSA) is 55.6 Å². The molecule has 0 saturated heterocycles. The molecule has 0 amide bonds. The molecule has 0 aliphatic rings. The number of anilines is 3. The second-order valence-corrected chi connectivity index (χ2v) is 12.8. The van der Waals surface area contributed by atoms with Crippen LogP contribution in [-0.4, -0.2) is 4.98 Å². The predicted octanol–water partition coefficient (Wildman–Crippen LogP) is 13.1. The second kappa shape index (κ2) is 10.3. The minimum atomic E-state index is 0.569. The lowest BCUT2D eigenvalue weighted by molar-refractivity contribution is 0.620. The van der Waals surface area contributed by atoms with Crippen LogP contribution in [0.4, 0.5) is 17.1 Å². The number of benzene rings is 8. The number of hydrogen-bond donors (Lipinski definition) is 0. The largest absolute Gasteiger partial charge is 0.456 e. The van der Waals surface area contributed by atoms with Crippen molar-refractivity contribution in [3.8, 4) is 11.5 Å². The standard InChI is InChI=1S/C45H26N2O3/c1-2-12-30(13-3-1)47(31-18-21-38-36(25-31)35-23-28-10-4-5-11-29(28)24-42(35)49-38)32-19-22-39-37(26-32)43-34(15-8-16-40(43)48-39)45-46-44-33-14-7-6-9-27(33)17-20-41(44)50-45/h1-26H. The van der Waals surface area contributed by atoms with E-state index in [9.17, 15) is 0 Å². The number of fused-ring (bicyclic) bond motifs is 10. The highest BCUT2D eigenvalue weighted by Gasteiger charge is 2.21. The summed E-state index contributed by atoms with van der Waals surface area (Å²) in [6.45, 7) is 0. The molecule has 0 radical (unpaired) electrons. The van der Waals surface area contributed by atoms with Crippen molar-refractivity contribution >= 4 is 93.6 Å². The molecule has 3 heterocycles. The Morgan fingerprint density at radius 1 is 0.380 bits per heavy atom. The van der Waals surface area contributed by atoms with Crippen molar-refractivity contribution in [1.82, 2.24) is 4.98 Å². The molecule has 0 spiro atoms. The quantitative estimate of drug-likeness (QED) is 0.191. The summed E-state index contributed by atoms with van der Waals surface area (Å²) >= 11 is 0. The van der Waals surface area contributed by atoms with E-state index in [1.165, 1.54) is 5.39 Å². The second-order valence-electron chi connectivity index (χ2n) is 12.8. The van der Waals surface area contributed by atoms with Gasteiger partial charge in [-0.15, -0.1) is 0 Å². The molecule has 0 bridgehead atoms. The van der Waals surface area contributed by atoms with Crippen molar-refractivity contribution in [2.45, 2.75) is 0 Å². The third-order valence-electron chi connectivity index (χ3n) is 9.84. The molecule has 0 aliphatic carbocycles. The summed E-state index contributed by atoms with van der Waals surface area (Å²) in [4.78, 5) is 7.32. The summed E-state index contributed by atoms with van der Waals surface area (Å²) in [5.74, 6) is 0.569. The van der Waals surface area contributed by atoms with Gasteiger partial charge in [0.2, 0.25) is 5.89 Å². The van der Waals surface area contributed by atoms with E-state index in [1.54, 1.807) is 0 Å². The van der Waals surface area contributed by atoms with Crippen molar-refractivity contribution < 1.29 is 13.3 Å². The van der Waals surface area contributed by atoms with Crippen LogP contribution in [0.1, 0.15) is 0 Å². The monoisotopic (exact) mass is 642 g/mol. The van der Waals surface area contributed by atoms with Gasteiger partial charge in [-0.05, 0) is 95.0 Å². The third-order valence-corrected chi connectivity index (χ3v) is 9.84. The Balaban J connectivity index is 1.12. The first-order chi connectivity index (χ1) is 24.7. The number of oxazole rings is 1. The van der Waals surface area contributed by atoms with Gasteiger partial charge in [0.05, 0.1) is 0 Å². The number of aromatic nitrogens is 1. The van der Waals surface area contributed by atoms with Gasteiger partial charge in [-0.2, -0.15) is 0 Å². The van der Waals surface area contributed by atoms with E-state index in [-0.39, 0.29) is 0 Å². The van der Waals surface area contributed by atoms with Crippen molar-refractivity contribution in [1.29, 1.82) is 0 Å². The molecule has 0 atom stereocenters. The van der Waals surface area contributed by atoms with Crippen LogP contribution in [0.3, 0.4) is 0 Å². The molecule has 0 N–H and O–H groups in total. The zero-order chi connectivity index (χ0) is 32.8. The van der Waals surface area contributed by atoms with Crippen LogP contribution in [-0.2, 0) is 0 Å². The molecule has 8 aromatic carbocycles. The minimum absolute atomic E-state index is 0.569. The van der Waals surface area contributed by atoms with E-state index in [0.29, 0.717) is 5.89 Å². The molecular weight excluding hydrogens is 617 g/mol. The fourth-order valence-corrected chi connectivity index (χ4v) is 7.52. The molecule has 5 nitrogen and oxygen atoms in total. The maximum absolute atomic E-state index is 6.44. The zero-order valence-corrected chi connectivity index (χ0v) is 26.6. The van der Waals surface area contributed by atoms with Gasteiger partial charge in [0.1, 0.15) is 27.8 Å². The maximum Gasteiger partial charge on any atom is 0.228 e. The lowest BCUT2D eigenvalue weighted by Gasteiger charge is -2.25. The van der Waals surface area contributed by atoms with Gasteiger partial charge in [0.15, 0.2) is 5.58 Å². The first-order valence-corrected chi connectivity index (χ1v) is 16.7. The number of furan rings is 2. The molecule has 0 saturated carbocycles. The summed E-state index contributed by atoms with van der Waals surface area (Å²) in [7, 11) is 0. The molecule has 11 rings (SSSR count). The summed E-state index contributed by atoms with van der Waals surface area (Å²) < 4.78 is 19.2. The average molecular weight is 643 g/mol. The highest BCUT2D eigenvalue weighted by molar-refractivity contribution is 6.14. The van der Waals surface area contributed by atoms with E-state index in [1.807, 2.05) is 36.4 Å². The normalized spacial score (nSPS) is 12.0. The average Bonchev–Trinajstić information content (AvgIpc) is 3.87. The summed E-state index contributed by atoms with van der Waals surface area (Å²) in [5, 5.41) is 8.68. The van der Waals surface area contributed by atoms with Crippen LogP contribution in [0.25, 0.3) is 88.0 Å². The Morgan fingerprint density at radius 3 is 1.88 bits per heavy atom. The number of rotatable bonds is 4. The van der Waals surface area contributed by atoms with Crippen LogP contribution in [0.2, 0.25) is 0 Å². The van der Waals surface area contributed by atoms with Gasteiger partial charge in [0.25, 0.3) is 0 Å². The minimum Gasteiger partial charge on any atom is -0.456 e. The van der Waals surface area contributed by atoms with E-state index < -0.39 is 0 Å². The summed E-state index contributed by atoms with van der Waals surface area (Å²) in [5.41, 5.74) is 8.91. The van der Waals surface area contributed by atoms with Gasteiger partial charge in [0, 0.05) is 49.6 Å². The molecular formula is C45H26N2O3. The van der Waals surface area contributed by atoms with E-state index in [4.69, 9.17) is 18.2 Å². The third kappa shape index (κ3) is 4.04. The molecule has 234 valence electrons. The Bertz CT molecular complexity index is 3110. The van der Waals surface area contributed by atoms with E-state index in [0.717, 1.165) is 93.8 Å². The Kier molecular flexibility index (Phi) is 5.60. The highest BCUT2D eigenvalue weighted by Crippen LogP contribution is 2.43. The predicted molar refractivity (Wildman–Crippen MR) is 204 cm³/mol. The Hall–Kier alpha value is -6.85.